The molecule has 1 unspecified atom stereocenters. The molecule has 2 N–H and O–H groups in total. The number of pyridine rings is 1. The van der Waals surface area contributed by atoms with E-state index < -0.39 is 0 Å². The van der Waals surface area contributed by atoms with Crippen LogP contribution in [0.25, 0.3) is 0 Å². The van der Waals surface area contributed by atoms with Crippen LogP contribution in [0.4, 0.5) is 0 Å². The highest BCUT2D eigenvalue weighted by atomic mass is 15.3. The predicted molar refractivity (Wildman–Crippen MR) is 67.5 cm³/mol. The molecule has 4 nitrogen and oxygen atoms in total. The lowest BCUT2D eigenvalue weighted by Gasteiger charge is -2.15. The van der Waals surface area contributed by atoms with E-state index in [-0.39, 0.29) is 6.04 Å². The first-order valence-electron chi connectivity index (χ1n) is 5.91. The monoisotopic (exact) mass is 230 g/mol. The van der Waals surface area contributed by atoms with Crippen LogP contribution in [0.1, 0.15) is 36.2 Å². The van der Waals surface area contributed by atoms with Crippen LogP contribution < -0.4 is 5.73 Å². The Morgan fingerprint density at radius 1 is 1.35 bits per heavy atom. The highest BCUT2D eigenvalue weighted by molar-refractivity contribution is 5.31. The maximum absolute atomic E-state index is 6.29. The van der Waals surface area contributed by atoms with Crippen LogP contribution in [0.15, 0.2) is 30.7 Å². The first-order chi connectivity index (χ1) is 8.24. The van der Waals surface area contributed by atoms with Crippen molar-refractivity contribution in [3.05, 3.63) is 47.5 Å². The quantitative estimate of drug-likeness (QED) is 0.874. The van der Waals surface area contributed by atoms with E-state index in [1.54, 1.807) is 12.4 Å². The maximum Gasteiger partial charge on any atom is 0.0740 e. The number of hydrogen-bond donors (Lipinski definition) is 1. The van der Waals surface area contributed by atoms with Crippen molar-refractivity contribution in [2.24, 2.45) is 5.73 Å². The molecule has 2 aromatic heterocycles. The molecule has 2 rings (SSSR count). The van der Waals surface area contributed by atoms with E-state index in [0.717, 1.165) is 29.8 Å². The van der Waals surface area contributed by atoms with Crippen molar-refractivity contribution in [3.63, 3.8) is 0 Å². The second kappa shape index (κ2) is 5.10. The third kappa shape index (κ3) is 2.36. The van der Waals surface area contributed by atoms with E-state index in [9.17, 15) is 0 Å². The minimum Gasteiger partial charge on any atom is -0.319 e. The Morgan fingerprint density at radius 2 is 2.18 bits per heavy atom. The molecule has 0 aliphatic carbocycles. The van der Waals surface area contributed by atoms with E-state index in [1.807, 2.05) is 23.0 Å². The van der Waals surface area contributed by atoms with Crippen molar-refractivity contribution in [3.8, 4) is 0 Å². The lowest BCUT2D eigenvalue weighted by atomic mass is 10.0. The highest BCUT2D eigenvalue weighted by Crippen LogP contribution is 2.21. The second-order valence-electron chi connectivity index (χ2n) is 4.19. The van der Waals surface area contributed by atoms with Crippen LogP contribution in [-0.4, -0.2) is 14.8 Å². The summed E-state index contributed by atoms with van der Waals surface area (Å²) >= 11 is 0. The fourth-order valence-electron chi connectivity index (χ4n) is 1.97. The third-order valence-corrected chi connectivity index (χ3v) is 2.92. The van der Waals surface area contributed by atoms with Crippen molar-refractivity contribution >= 4 is 0 Å². The topological polar surface area (TPSA) is 56.7 Å². The zero-order valence-electron chi connectivity index (χ0n) is 10.3. The van der Waals surface area contributed by atoms with Gasteiger partial charge in [-0.3, -0.25) is 9.67 Å². The molecule has 0 fully saturated rings. The molecule has 0 aliphatic rings. The van der Waals surface area contributed by atoms with Crippen molar-refractivity contribution in [2.45, 2.75) is 32.9 Å². The molecule has 0 aromatic carbocycles. The van der Waals surface area contributed by atoms with Crippen LogP contribution in [0.5, 0.6) is 0 Å². The summed E-state index contributed by atoms with van der Waals surface area (Å²) in [5.41, 5.74) is 9.56. The minimum absolute atomic E-state index is 0.155. The molecular formula is C13H18N4. The van der Waals surface area contributed by atoms with Crippen molar-refractivity contribution in [2.75, 3.05) is 0 Å². The molecule has 0 saturated heterocycles. The van der Waals surface area contributed by atoms with Crippen molar-refractivity contribution < 1.29 is 0 Å². The number of aryl methyl sites for hydroxylation is 2. The summed E-state index contributed by atoms with van der Waals surface area (Å²) < 4.78 is 1.97. The molecule has 1 atom stereocenters. The second-order valence-corrected chi connectivity index (χ2v) is 4.19. The molecule has 17 heavy (non-hydrogen) atoms. The third-order valence-electron chi connectivity index (χ3n) is 2.92. The Hall–Kier alpha value is -1.68. The van der Waals surface area contributed by atoms with Gasteiger partial charge in [-0.2, -0.15) is 5.10 Å². The molecule has 2 aromatic rings. The molecule has 2 heterocycles. The summed E-state index contributed by atoms with van der Waals surface area (Å²) in [4.78, 5) is 4.14. The number of rotatable bonds is 4. The number of nitrogens with zero attached hydrogens (tertiary/aromatic N) is 3. The maximum atomic E-state index is 6.29. The van der Waals surface area contributed by atoms with Gasteiger partial charge in [0.2, 0.25) is 0 Å². The predicted octanol–water partition coefficient (Wildman–Crippen LogP) is 2.04. The SMILES string of the molecule is CCCn1nccc1C(N)c1cnccc1C. The van der Waals surface area contributed by atoms with Crippen molar-refractivity contribution in [1.29, 1.82) is 0 Å². The molecule has 0 spiro atoms. The number of hydrogen-bond acceptors (Lipinski definition) is 3. The highest BCUT2D eigenvalue weighted by Gasteiger charge is 2.15. The Kier molecular flexibility index (Phi) is 3.54. The van der Waals surface area contributed by atoms with Gasteiger partial charge in [0.15, 0.2) is 0 Å². The largest absolute Gasteiger partial charge is 0.319 e. The van der Waals surface area contributed by atoms with Gasteiger partial charge in [-0.05, 0) is 36.6 Å². The Morgan fingerprint density at radius 3 is 2.88 bits per heavy atom. The van der Waals surface area contributed by atoms with E-state index in [4.69, 9.17) is 5.73 Å². The Labute approximate surface area is 101 Å². The van der Waals surface area contributed by atoms with E-state index in [2.05, 4.69) is 23.9 Å². The summed E-state index contributed by atoms with van der Waals surface area (Å²) in [5, 5.41) is 4.30. The van der Waals surface area contributed by atoms with Gasteiger partial charge in [0.1, 0.15) is 0 Å². The average molecular weight is 230 g/mol. The molecule has 0 aliphatic heterocycles. The summed E-state index contributed by atoms with van der Waals surface area (Å²) in [7, 11) is 0. The number of nitrogens with two attached hydrogens (primary N) is 1. The standard InChI is InChI=1S/C13H18N4/c1-3-8-17-12(5-7-16-17)13(14)11-9-15-6-4-10(11)2/h4-7,9,13H,3,8,14H2,1-2H3. The molecule has 0 bridgehead atoms. The fraction of sp³-hybridized carbons (Fsp3) is 0.385. The van der Waals surface area contributed by atoms with Gasteiger partial charge >= 0.3 is 0 Å². The summed E-state index contributed by atoms with van der Waals surface area (Å²) in [5.74, 6) is 0. The zero-order valence-corrected chi connectivity index (χ0v) is 10.3. The van der Waals surface area contributed by atoms with Gasteiger partial charge in [-0.15, -0.1) is 0 Å². The van der Waals surface area contributed by atoms with Crippen LogP contribution in [0.3, 0.4) is 0 Å². The van der Waals surface area contributed by atoms with Crippen LogP contribution in [0, 0.1) is 6.92 Å². The Balaban J connectivity index is 2.34. The summed E-state index contributed by atoms with van der Waals surface area (Å²) in [6.07, 6.45) is 6.47. The minimum atomic E-state index is -0.155. The average Bonchev–Trinajstić information content (AvgIpc) is 2.78. The normalized spacial score (nSPS) is 12.6. The lowest BCUT2D eigenvalue weighted by molar-refractivity contribution is 0.559. The first kappa shape index (κ1) is 11.8. The van der Waals surface area contributed by atoms with E-state index in [1.165, 1.54) is 0 Å². The van der Waals surface area contributed by atoms with Gasteiger partial charge in [0.05, 0.1) is 11.7 Å². The zero-order chi connectivity index (χ0) is 12.3. The van der Waals surface area contributed by atoms with Gasteiger partial charge in [0, 0.05) is 25.1 Å². The summed E-state index contributed by atoms with van der Waals surface area (Å²) in [6, 6.07) is 3.81. The van der Waals surface area contributed by atoms with E-state index >= 15 is 0 Å². The molecule has 90 valence electrons. The van der Waals surface area contributed by atoms with E-state index in [0.29, 0.717) is 0 Å². The smallest absolute Gasteiger partial charge is 0.0740 e. The lowest BCUT2D eigenvalue weighted by Crippen LogP contribution is -2.18. The Bertz CT molecular complexity index is 490. The van der Waals surface area contributed by atoms with Crippen LogP contribution in [0.2, 0.25) is 0 Å². The van der Waals surface area contributed by atoms with Gasteiger partial charge in [-0.1, -0.05) is 6.92 Å². The first-order valence-corrected chi connectivity index (χ1v) is 5.91. The fourth-order valence-corrected chi connectivity index (χ4v) is 1.97. The molecule has 4 heteroatoms. The molecule has 0 saturated carbocycles. The van der Waals surface area contributed by atoms with Gasteiger partial charge in [0.25, 0.3) is 0 Å². The molecular weight excluding hydrogens is 212 g/mol. The van der Waals surface area contributed by atoms with Crippen molar-refractivity contribution in [1.82, 2.24) is 14.8 Å². The molecule has 0 radical (unpaired) electrons. The summed E-state index contributed by atoms with van der Waals surface area (Å²) in [6.45, 7) is 5.08. The molecule has 0 amide bonds. The van der Waals surface area contributed by atoms with Gasteiger partial charge < -0.3 is 5.73 Å². The van der Waals surface area contributed by atoms with Crippen LogP contribution in [-0.2, 0) is 6.54 Å². The number of aromatic nitrogens is 3. The van der Waals surface area contributed by atoms with Gasteiger partial charge in [-0.25, -0.2) is 0 Å². The van der Waals surface area contributed by atoms with Crippen LogP contribution >= 0.6 is 0 Å².